The van der Waals surface area contributed by atoms with Gasteiger partial charge in [0.15, 0.2) is 0 Å². The largest absolute Gasteiger partial charge is 0.366 e. The Morgan fingerprint density at radius 1 is 1.12 bits per heavy atom. The molecule has 0 spiro atoms. The van der Waals surface area contributed by atoms with E-state index < -0.39 is 27.9 Å². The SMILES string of the molecule is C[C@@H](C(=O)Nc1ccccc1C(N)=O)N(c1ccc(Cl)cc1)S(C)(=O)=O. The van der Waals surface area contributed by atoms with Gasteiger partial charge in [-0.05, 0) is 43.3 Å². The fraction of sp³-hybridized carbons (Fsp3) is 0.176. The van der Waals surface area contributed by atoms with Crippen molar-refractivity contribution in [2.75, 3.05) is 15.9 Å². The number of benzene rings is 2. The molecule has 0 unspecified atom stereocenters. The van der Waals surface area contributed by atoms with Crippen LogP contribution in [0.1, 0.15) is 17.3 Å². The summed E-state index contributed by atoms with van der Waals surface area (Å²) in [6.07, 6.45) is 1.00. The lowest BCUT2D eigenvalue weighted by Crippen LogP contribution is -2.45. The Morgan fingerprint density at radius 3 is 2.23 bits per heavy atom. The molecular formula is C17H18ClN3O4S. The van der Waals surface area contributed by atoms with Gasteiger partial charge in [0.25, 0.3) is 5.91 Å². The molecule has 3 N–H and O–H groups in total. The fourth-order valence-corrected chi connectivity index (χ4v) is 3.74. The summed E-state index contributed by atoms with van der Waals surface area (Å²) in [5, 5.41) is 2.99. The van der Waals surface area contributed by atoms with Crippen LogP contribution in [0.15, 0.2) is 48.5 Å². The van der Waals surface area contributed by atoms with E-state index in [0.29, 0.717) is 10.7 Å². The molecule has 2 rings (SSSR count). The van der Waals surface area contributed by atoms with E-state index >= 15 is 0 Å². The summed E-state index contributed by atoms with van der Waals surface area (Å²) in [4.78, 5) is 24.1. The van der Waals surface area contributed by atoms with Gasteiger partial charge in [-0.3, -0.25) is 13.9 Å². The molecule has 0 bridgehead atoms. The molecule has 7 nitrogen and oxygen atoms in total. The normalized spacial score (nSPS) is 12.3. The maximum absolute atomic E-state index is 12.6. The molecule has 1 atom stereocenters. The highest BCUT2D eigenvalue weighted by molar-refractivity contribution is 7.92. The Hall–Kier alpha value is -2.58. The maximum atomic E-state index is 12.6. The van der Waals surface area contributed by atoms with Crippen LogP contribution in [0.5, 0.6) is 0 Å². The van der Waals surface area contributed by atoms with Crippen molar-refractivity contribution in [2.45, 2.75) is 13.0 Å². The highest BCUT2D eigenvalue weighted by atomic mass is 35.5. The Kier molecular flexibility index (Phi) is 5.89. The molecule has 0 fully saturated rings. The van der Waals surface area contributed by atoms with Crippen LogP contribution < -0.4 is 15.4 Å². The van der Waals surface area contributed by atoms with Crippen molar-refractivity contribution in [3.8, 4) is 0 Å². The molecule has 0 radical (unpaired) electrons. The lowest BCUT2D eigenvalue weighted by atomic mass is 10.1. The predicted molar refractivity (Wildman–Crippen MR) is 102 cm³/mol. The second-order valence-corrected chi connectivity index (χ2v) is 7.91. The first-order chi connectivity index (χ1) is 12.1. The van der Waals surface area contributed by atoms with Crippen molar-refractivity contribution < 1.29 is 18.0 Å². The number of para-hydroxylation sites is 1. The number of nitrogens with zero attached hydrogens (tertiary/aromatic N) is 1. The zero-order valence-corrected chi connectivity index (χ0v) is 15.7. The molecule has 26 heavy (non-hydrogen) atoms. The molecule has 138 valence electrons. The van der Waals surface area contributed by atoms with Gasteiger partial charge in [0.2, 0.25) is 15.9 Å². The average Bonchev–Trinajstić information content (AvgIpc) is 2.55. The van der Waals surface area contributed by atoms with Crippen LogP contribution in [0.4, 0.5) is 11.4 Å². The smallest absolute Gasteiger partial charge is 0.250 e. The lowest BCUT2D eigenvalue weighted by molar-refractivity contribution is -0.116. The van der Waals surface area contributed by atoms with E-state index in [1.807, 2.05) is 0 Å². The van der Waals surface area contributed by atoms with Crippen LogP contribution in [0.25, 0.3) is 0 Å². The van der Waals surface area contributed by atoms with E-state index in [1.165, 1.54) is 43.3 Å². The molecule has 9 heteroatoms. The second kappa shape index (κ2) is 7.76. The summed E-state index contributed by atoms with van der Waals surface area (Å²) < 4.78 is 25.4. The lowest BCUT2D eigenvalue weighted by Gasteiger charge is -2.28. The standard InChI is InChI=1S/C17H18ClN3O4S/c1-11(17(23)20-15-6-4-3-5-14(15)16(19)22)21(26(2,24)25)13-9-7-12(18)8-10-13/h3-11H,1-2H3,(H2,19,22)(H,20,23)/t11-/m0/s1. The third-order valence-electron chi connectivity index (χ3n) is 3.62. The molecule has 2 aromatic carbocycles. The Labute approximate surface area is 156 Å². The summed E-state index contributed by atoms with van der Waals surface area (Å²) in [6.45, 7) is 1.44. The molecular weight excluding hydrogens is 378 g/mol. The van der Waals surface area contributed by atoms with E-state index in [1.54, 1.807) is 12.1 Å². The first-order valence-corrected chi connectivity index (χ1v) is 9.78. The summed E-state index contributed by atoms with van der Waals surface area (Å²) in [7, 11) is -3.76. The van der Waals surface area contributed by atoms with Gasteiger partial charge in [-0.2, -0.15) is 0 Å². The molecule has 0 aliphatic heterocycles. The van der Waals surface area contributed by atoms with Crippen LogP contribution in [0.2, 0.25) is 5.02 Å². The second-order valence-electron chi connectivity index (χ2n) is 5.61. The highest BCUT2D eigenvalue weighted by Gasteiger charge is 2.29. The van der Waals surface area contributed by atoms with Gasteiger partial charge in [-0.15, -0.1) is 0 Å². The molecule has 0 heterocycles. The van der Waals surface area contributed by atoms with Gasteiger partial charge < -0.3 is 11.1 Å². The summed E-state index contributed by atoms with van der Waals surface area (Å²) in [6, 6.07) is 11.2. The van der Waals surface area contributed by atoms with Gasteiger partial charge in [-0.1, -0.05) is 23.7 Å². The molecule has 0 aliphatic rings. The minimum absolute atomic E-state index is 0.130. The van der Waals surface area contributed by atoms with Crippen molar-refractivity contribution >= 4 is 44.8 Å². The maximum Gasteiger partial charge on any atom is 0.250 e. The van der Waals surface area contributed by atoms with Gasteiger partial charge in [-0.25, -0.2) is 8.42 Å². The molecule has 2 aromatic rings. The number of anilines is 2. The van der Waals surface area contributed by atoms with Crippen LogP contribution in [0.3, 0.4) is 0 Å². The van der Waals surface area contributed by atoms with Crippen molar-refractivity contribution in [2.24, 2.45) is 5.73 Å². The summed E-state index contributed by atoms with van der Waals surface area (Å²) in [5.41, 5.74) is 5.93. The number of sulfonamides is 1. The molecule has 0 aromatic heterocycles. The zero-order chi connectivity index (χ0) is 19.5. The number of rotatable bonds is 6. The fourth-order valence-electron chi connectivity index (χ4n) is 2.44. The number of carbonyl (C=O) groups is 2. The first kappa shape index (κ1) is 19.7. The summed E-state index contributed by atoms with van der Waals surface area (Å²) in [5.74, 6) is -1.31. The molecule has 0 saturated carbocycles. The number of carbonyl (C=O) groups excluding carboxylic acids is 2. The van der Waals surface area contributed by atoms with Gasteiger partial charge in [0, 0.05) is 5.02 Å². The minimum Gasteiger partial charge on any atom is -0.366 e. The number of primary amides is 1. The average molecular weight is 396 g/mol. The topological polar surface area (TPSA) is 110 Å². The van der Waals surface area contributed by atoms with Crippen LogP contribution in [-0.4, -0.2) is 32.5 Å². The van der Waals surface area contributed by atoms with E-state index in [0.717, 1.165) is 10.6 Å². The van der Waals surface area contributed by atoms with E-state index in [9.17, 15) is 18.0 Å². The van der Waals surface area contributed by atoms with Crippen molar-refractivity contribution in [1.82, 2.24) is 0 Å². The Balaban J connectivity index is 2.34. The van der Waals surface area contributed by atoms with Gasteiger partial charge in [0.05, 0.1) is 23.2 Å². The Bertz CT molecular complexity index is 929. The van der Waals surface area contributed by atoms with E-state index in [2.05, 4.69) is 5.32 Å². The van der Waals surface area contributed by atoms with E-state index in [4.69, 9.17) is 17.3 Å². The number of halogens is 1. The van der Waals surface area contributed by atoms with Crippen LogP contribution in [-0.2, 0) is 14.8 Å². The first-order valence-electron chi connectivity index (χ1n) is 7.56. The van der Waals surface area contributed by atoms with Crippen molar-refractivity contribution in [3.63, 3.8) is 0 Å². The van der Waals surface area contributed by atoms with Crippen molar-refractivity contribution in [3.05, 3.63) is 59.1 Å². The third kappa shape index (κ3) is 4.53. The monoisotopic (exact) mass is 395 g/mol. The van der Waals surface area contributed by atoms with Crippen LogP contribution >= 0.6 is 11.6 Å². The van der Waals surface area contributed by atoms with Crippen LogP contribution in [0, 0.1) is 0 Å². The number of hydrogen-bond acceptors (Lipinski definition) is 4. The van der Waals surface area contributed by atoms with Gasteiger partial charge >= 0.3 is 0 Å². The Morgan fingerprint density at radius 2 is 1.69 bits per heavy atom. The van der Waals surface area contributed by atoms with E-state index in [-0.39, 0.29) is 11.3 Å². The zero-order valence-electron chi connectivity index (χ0n) is 14.1. The summed E-state index contributed by atoms with van der Waals surface area (Å²) >= 11 is 5.84. The molecule has 0 aliphatic carbocycles. The number of amides is 2. The minimum atomic E-state index is -3.76. The van der Waals surface area contributed by atoms with Gasteiger partial charge in [0.1, 0.15) is 6.04 Å². The third-order valence-corrected chi connectivity index (χ3v) is 5.11. The molecule has 0 saturated heterocycles. The predicted octanol–water partition coefficient (Wildman–Crippen LogP) is 2.23. The number of hydrogen-bond donors (Lipinski definition) is 2. The quantitative estimate of drug-likeness (QED) is 0.781. The highest BCUT2D eigenvalue weighted by Crippen LogP contribution is 2.24. The number of nitrogens with one attached hydrogen (secondary N) is 1. The number of nitrogens with two attached hydrogens (primary N) is 1. The van der Waals surface area contributed by atoms with Crippen molar-refractivity contribution in [1.29, 1.82) is 0 Å². The molecule has 2 amide bonds.